The molecule has 4 aromatic carbocycles. The quantitative estimate of drug-likeness (QED) is 0.183. The number of phenols is 1. The van der Waals surface area contributed by atoms with E-state index in [1.807, 2.05) is 24.4 Å². The number of pyridine rings is 1. The highest BCUT2D eigenvalue weighted by Crippen LogP contribution is 2.42. The SMILES string of the molecule is Cc1nc(C(C)(C)c2cc(-c3cc(-c4ccccc4)ccn3)cc(C(C)(C)C)c2)nc2[n+]1B(c1ccccc1)N(C(C)C)c1cccc(O)c1-2. The van der Waals surface area contributed by atoms with E-state index >= 15 is 0 Å². The van der Waals surface area contributed by atoms with E-state index in [-0.39, 0.29) is 24.2 Å². The summed E-state index contributed by atoms with van der Waals surface area (Å²) in [6.45, 7) is 17.4. The van der Waals surface area contributed by atoms with Crippen LogP contribution in [0, 0.1) is 6.92 Å². The molecule has 2 aromatic heterocycles. The van der Waals surface area contributed by atoms with Crippen LogP contribution in [0.15, 0.2) is 115 Å². The molecule has 6 nitrogen and oxygen atoms in total. The predicted molar refractivity (Wildman–Crippen MR) is 205 cm³/mol. The number of fused-ring (bicyclic) bond motifs is 3. The number of nitrogens with zero attached hydrogens (tertiary/aromatic N) is 5. The van der Waals surface area contributed by atoms with Crippen molar-refractivity contribution in [1.29, 1.82) is 0 Å². The highest BCUT2D eigenvalue weighted by molar-refractivity contribution is 6.70. The number of aromatic nitrogens is 4. The summed E-state index contributed by atoms with van der Waals surface area (Å²) >= 11 is 0. The van der Waals surface area contributed by atoms with E-state index in [0.29, 0.717) is 11.6 Å². The van der Waals surface area contributed by atoms with Crippen LogP contribution >= 0.6 is 0 Å². The molecule has 0 atom stereocenters. The van der Waals surface area contributed by atoms with Crippen molar-refractivity contribution in [2.45, 2.75) is 72.3 Å². The standard InChI is InChI=1S/C43H44BN5O/c1-28(2)48-37-20-15-21-38(50)39(37)40-47-41(46-29(3)49(40)44(48)35-18-13-10-14-19-35)43(7,8)34-25-32(24-33(27-34)42(4,5)6)36-26-31(22-23-45-36)30-16-11-9-12-17-30/h9-28H,1-8H3/p+1. The molecule has 0 bridgehead atoms. The summed E-state index contributed by atoms with van der Waals surface area (Å²) in [5.74, 6) is 2.44. The van der Waals surface area contributed by atoms with Gasteiger partial charge in [-0.15, -0.1) is 0 Å². The molecule has 3 heterocycles. The number of phenolic OH excluding ortho intramolecular Hbond substituents is 1. The summed E-state index contributed by atoms with van der Waals surface area (Å²) in [4.78, 5) is 17.9. The maximum atomic E-state index is 11.4. The Balaban J connectivity index is 1.42. The molecule has 1 N–H and O–H groups in total. The number of aryl methyl sites for hydroxylation is 1. The second-order valence-electron chi connectivity index (χ2n) is 15.2. The summed E-state index contributed by atoms with van der Waals surface area (Å²) in [5, 5.41) is 11.4. The average molecular weight is 659 g/mol. The lowest BCUT2D eigenvalue weighted by molar-refractivity contribution is -0.540. The fourth-order valence-corrected chi connectivity index (χ4v) is 7.11. The van der Waals surface area contributed by atoms with Crippen molar-refractivity contribution in [1.82, 2.24) is 15.0 Å². The van der Waals surface area contributed by atoms with E-state index in [1.165, 1.54) is 5.56 Å². The molecule has 0 amide bonds. The molecule has 0 spiro atoms. The van der Waals surface area contributed by atoms with Crippen LogP contribution in [-0.4, -0.2) is 33.1 Å². The van der Waals surface area contributed by atoms with Gasteiger partial charge in [-0.25, -0.2) is 0 Å². The van der Waals surface area contributed by atoms with E-state index in [4.69, 9.17) is 15.0 Å². The average Bonchev–Trinajstić information content (AvgIpc) is 3.11. The third-order valence-electron chi connectivity index (χ3n) is 9.98. The van der Waals surface area contributed by atoms with Gasteiger partial charge < -0.3 is 9.92 Å². The van der Waals surface area contributed by atoms with Crippen molar-refractivity contribution < 1.29 is 9.58 Å². The highest BCUT2D eigenvalue weighted by atomic mass is 16.3. The van der Waals surface area contributed by atoms with Crippen molar-refractivity contribution in [3.05, 3.63) is 138 Å². The zero-order valence-electron chi connectivity index (χ0n) is 30.3. The minimum atomic E-state index is -0.588. The molecule has 0 radical (unpaired) electrons. The normalized spacial score (nSPS) is 13.0. The second kappa shape index (κ2) is 12.5. The minimum Gasteiger partial charge on any atom is -0.507 e. The first-order chi connectivity index (χ1) is 23.8. The molecule has 0 unspecified atom stereocenters. The number of aromatic hydroxyl groups is 1. The van der Waals surface area contributed by atoms with E-state index in [2.05, 4.69) is 150 Å². The molecule has 1 aliphatic heterocycles. The monoisotopic (exact) mass is 658 g/mol. The Morgan fingerprint density at radius 2 is 1.40 bits per heavy atom. The van der Waals surface area contributed by atoms with Crippen molar-refractivity contribution in [2.75, 3.05) is 4.81 Å². The van der Waals surface area contributed by atoms with Gasteiger partial charge in [-0.3, -0.25) is 9.46 Å². The van der Waals surface area contributed by atoms with Gasteiger partial charge >= 0.3 is 6.98 Å². The second-order valence-corrected chi connectivity index (χ2v) is 15.2. The molecule has 0 fully saturated rings. The van der Waals surface area contributed by atoms with Gasteiger partial charge in [0.2, 0.25) is 5.82 Å². The first kappa shape index (κ1) is 33.2. The predicted octanol–water partition coefficient (Wildman–Crippen LogP) is 8.27. The summed E-state index contributed by atoms with van der Waals surface area (Å²) in [6.07, 6.45) is 1.90. The molecule has 7 rings (SSSR count). The smallest absolute Gasteiger partial charge is 0.499 e. The van der Waals surface area contributed by atoms with Crippen LogP contribution in [0.4, 0.5) is 5.69 Å². The molecule has 0 aliphatic carbocycles. The Morgan fingerprint density at radius 1 is 0.720 bits per heavy atom. The van der Waals surface area contributed by atoms with Gasteiger partial charge in [-0.05, 0) is 97.2 Å². The number of anilines is 1. The molecule has 50 heavy (non-hydrogen) atoms. The molecule has 6 aromatic rings. The van der Waals surface area contributed by atoms with Gasteiger partial charge in [-0.2, -0.15) is 0 Å². The van der Waals surface area contributed by atoms with Crippen LogP contribution in [-0.2, 0) is 10.8 Å². The molecule has 0 saturated carbocycles. The number of benzene rings is 4. The Labute approximate surface area is 296 Å². The van der Waals surface area contributed by atoms with Gasteiger partial charge in [0.15, 0.2) is 0 Å². The highest BCUT2D eigenvalue weighted by Gasteiger charge is 2.47. The van der Waals surface area contributed by atoms with Crippen molar-refractivity contribution >= 4 is 18.1 Å². The lowest BCUT2D eigenvalue weighted by Gasteiger charge is -2.39. The van der Waals surface area contributed by atoms with Crippen LogP contribution in [0.5, 0.6) is 5.75 Å². The van der Waals surface area contributed by atoms with Gasteiger partial charge in [0.1, 0.15) is 11.3 Å². The van der Waals surface area contributed by atoms with E-state index in [1.54, 1.807) is 6.07 Å². The van der Waals surface area contributed by atoms with Crippen molar-refractivity contribution in [2.24, 2.45) is 0 Å². The Hall–Kier alpha value is -5.30. The third kappa shape index (κ3) is 5.85. The number of hydrogen-bond acceptors (Lipinski definition) is 5. The van der Waals surface area contributed by atoms with E-state index in [9.17, 15) is 5.11 Å². The van der Waals surface area contributed by atoms with Crippen molar-refractivity contribution in [3.8, 4) is 39.5 Å². The van der Waals surface area contributed by atoms with Crippen molar-refractivity contribution in [3.63, 3.8) is 0 Å². The van der Waals surface area contributed by atoms with Crippen LogP contribution in [0.1, 0.15) is 71.2 Å². The topological polar surface area (TPSA) is 66.0 Å². The van der Waals surface area contributed by atoms with Crippen LogP contribution in [0.3, 0.4) is 0 Å². The maximum Gasteiger partial charge on any atom is 0.499 e. The Bertz CT molecular complexity index is 2190. The lowest BCUT2D eigenvalue weighted by atomic mass is 9.62. The molecule has 7 heteroatoms. The fourth-order valence-electron chi connectivity index (χ4n) is 7.11. The third-order valence-corrected chi connectivity index (χ3v) is 9.98. The van der Waals surface area contributed by atoms with Gasteiger partial charge in [-0.1, -0.05) is 104 Å². The molecule has 0 saturated heterocycles. The summed E-state index contributed by atoms with van der Waals surface area (Å²) < 4.78 is 2.19. The van der Waals surface area contributed by atoms with Crippen LogP contribution in [0.25, 0.3) is 33.8 Å². The fraction of sp³-hybridized carbons (Fsp3) is 0.256. The molecular weight excluding hydrogens is 613 g/mol. The summed E-state index contributed by atoms with van der Waals surface area (Å²) in [5.41, 5.74) is 8.71. The van der Waals surface area contributed by atoms with Gasteiger partial charge in [0.25, 0.3) is 11.6 Å². The molecule has 1 aliphatic rings. The lowest BCUT2D eigenvalue weighted by Crippen LogP contribution is -2.74. The minimum absolute atomic E-state index is 0.103. The maximum absolute atomic E-state index is 11.4. The first-order valence-electron chi connectivity index (χ1n) is 17.5. The summed E-state index contributed by atoms with van der Waals surface area (Å²) in [6, 6.07) is 37.9. The zero-order chi connectivity index (χ0) is 35.4. The van der Waals surface area contributed by atoms with Crippen LogP contribution < -0.4 is 14.8 Å². The van der Waals surface area contributed by atoms with Gasteiger partial charge in [0.05, 0.1) is 11.1 Å². The molecule has 250 valence electrons. The Kier molecular flexibility index (Phi) is 8.33. The van der Waals surface area contributed by atoms with Crippen LogP contribution in [0.2, 0.25) is 0 Å². The van der Waals surface area contributed by atoms with Gasteiger partial charge in [0, 0.05) is 30.4 Å². The first-order valence-corrected chi connectivity index (χ1v) is 17.5. The summed E-state index contributed by atoms with van der Waals surface area (Å²) in [7, 11) is 0. The number of rotatable bonds is 6. The number of hydrogen-bond donors (Lipinski definition) is 1. The molecular formula is C43H45BN5O+. The largest absolute Gasteiger partial charge is 0.507 e. The zero-order valence-corrected chi connectivity index (χ0v) is 30.3. The van der Waals surface area contributed by atoms with E-state index < -0.39 is 5.41 Å². The Morgan fingerprint density at radius 3 is 2.08 bits per heavy atom. The van der Waals surface area contributed by atoms with E-state index in [0.717, 1.165) is 50.5 Å².